The average Bonchev–Trinajstić information content (AvgIpc) is 3.26. The second-order valence-electron chi connectivity index (χ2n) is 8.11. The lowest BCUT2D eigenvalue weighted by molar-refractivity contribution is -0.132. The van der Waals surface area contributed by atoms with E-state index >= 15 is 0 Å². The first-order valence-electron chi connectivity index (χ1n) is 11.4. The van der Waals surface area contributed by atoms with Crippen LogP contribution < -0.4 is 0 Å². The van der Waals surface area contributed by atoms with Gasteiger partial charge in [0.05, 0.1) is 0 Å². The summed E-state index contributed by atoms with van der Waals surface area (Å²) in [5.41, 5.74) is 3.29. The van der Waals surface area contributed by atoms with Gasteiger partial charge in [0.1, 0.15) is 0 Å². The fourth-order valence-corrected chi connectivity index (χ4v) is 4.89. The molecule has 2 aromatic carbocycles. The van der Waals surface area contributed by atoms with Crippen LogP contribution in [0.5, 0.6) is 0 Å². The van der Waals surface area contributed by atoms with Crippen molar-refractivity contribution < 1.29 is 4.79 Å². The second kappa shape index (κ2) is 10.8. The number of aryl methyl sites for hydroxylation is 1. The number of aromatic nitrogens is 3. The average molecular weight is 450 g/mol. The number of thioether (sulfide) groups is 1. The lowest BCUT2D eigenvalue weighted by Crippen LogP contribution is -2.48. The smallest absolute Gasteiger partial charge is 0.222 e. The van der Waals surface area contributed by atoms with Crippen LogP contribution in [0.3, 0.4) is 0 Å². The van der Waals surface area contributed by atoms with Gasteiger partial charge in [0.25, 0.3) is 0 Å². The second-order valence-corrected chi connectivity index (χ2v) is 9.18. The molecule has 2 heterocycles. The van der Waals surface area contributed by atoms with Gasteiger partial charge in [-0.3, -0.25) is 9.36 Å². The highest BCUT2D eigenvalue weighted by atomic mass is 32.2. The molecule has 1 aliphatic heterocycles. The molecule has 4 rings (SSSR count). The predicted molar refractivity (Wildman–Crippen MR) is 130 cm³/mol. The van der Waals surface area contributed by atoms with Gasteiger partial charge in [0, 0.05) is 49.6 Å². The molecule has 0 aliphatic carbocycles. The molecule has 1 aliphatic rings. The first kappa shape index (κ1) is 22.6. The zero-order chi connectivity index (χ0) is 22.3. The van der Waals surface area contributed by atoms with Crippen LogP contribution >= 0.6 is 11.8 Å². The third kappa shape index (κ3) is 5.40. The summed E-state index contributed by atoms with van der Waals surface area (Å²) in [4.78, 5) is 17.0. The Morgan fingerprint density at radius 3 is 2.50 bits per heavy atom. The molecule has 7 heteroatoms. The third-order valence-electron chi connectivity index (χ3n) is 5.86. The lowest BCUT2D eigenvalue weighted by atomic mass is 10.2. The number of amides is 1. The van der Waals surface area contributed by atoms with Gasteiger partial charge in [0.15, 0.2) is 11.0 Å². The SMILES string of the molecule is CCN1CCN(C(=O)CCCSc2nnc(-c3ccccc3)n2-c2cccc(C)c2)CC1. The van der Waals surface area contributed by atoms with E-state index in [2.05, 4.69) is 69.9 Å². The minimum atomic E-state index is 0.270. The van der Waals surface area contributed by atoms with Gasteiger partial charge in [-0.25, -0.2) is 0 Å². The number of piperazine rings is 1. The highest BCUT2D eigenvalue weighted by Crippen LogP contribution is 2.28. The maximum absolute atomic E-state index is 12.6. The Bertz CT molecular complexity index is 1030. The summed E-state index contributed by atoms with van der Waals surface area (Å²) >= 11 is 1.67. The highest BCUT2D eigenvalue weighted by molar-refractivity contribution is 7.99. The van der Waals surface area contributed by atoms with Crippen LogP contribution in [0.15, 0.2) is 59.8 Å². The number of hydrogen-bond acceptors (Lipinski definition) is 5. The molecule has 3 aromatic rings. The number of nitrogens with zero attached hydrogens (tertiary/aromatic N) is 5. The Morgan fingerprint density at radius 2 is 1.78 bits per heavy atom. The molecule has 1 aromatic heterocycles. The van der Waals surface area contributed by atoms with Crippen LogP contribution in [0, 0.1) is 6.92 Å². The van der Waals surface area contributed by atoms with E-state index < -0.39 is 0 Å². The van der Waals surface area contributed by atoms with Gasteiger partial charge in [-0.2, -0.15) is 0 Å². The summed E-state index contributed by atoms with van der Waals surface area (Å²) in [6, 6.07) is 18.5. The van der Waals surface area contributed by atoms with Crippen molar-refractivity contribution in [1.82, 2.24) is 24.6 Å². The maximum atomic E-state index is 12.6. The quantitative estimate of drug-likeness (QED) is 0.380. The van der Waals surface area contributed by atoms with Crippen LogP contribution in [-0.4, -0.2) is 68.9 Å². The molecule has 0 bridgehead atoms. The number of carbonyl (C=O) groups is 1. The molecular weight excluding hydrogens is 418 g/mol. The summed E-state index contributed by atoms with van der Waals surface area (Å²) in [5.74, 6) is 1.94. The van der Waals surface area contributed by atoms with Gasteiger partial charge >= 0.3 is 0 Å². The monoisotopic (exact) mass is 449 g/mol. The topological polar surface area (TPSA) is 54.3 Å². The molecule has 0 unspecified atom stereocenters. The van der Waals surface area contributed by atoms with E-state index in [0.29, 0.717) is 6.42 Å². The largest absolute Gasteiger partial charge is 0.340 e. The maximum Gasteiger partial charge on any atom is 0.222 e. The normalized spacial score (nSPS) is 14.6. The van der Waals surface area contributed by atoms with Crippen molar-refractivity contribution in [3.63, 3.8) is 0 Å². The molecule has 0 atom stereocenters. The fraction of sp³-hybridized carbons (Fsp3) is 0.400. The van der Waals surface area contributed by atoms with Gasteiger partial charge in [-0.15, -0.1) is 10.2 Å². The van der Waals surface area contributed by atoms with Crippen LogP contribution in [0.25, 0.3) is 17.1 Å². The van der Waals surface area contributed by atoms with Crippen molar-refractivity contribution in [3.8, 4) is 17.1 Å². The van der Waals surface area contributed by atoms with E-state index in [0.717, 1.165) is 67.1 Å². The molecule has 0 saturated carbocycles. The molecule has 1 saturated heterocycles. The molecule has 1 amide bonds. The van der Waals surface area contributed by atoms with Crippen LogP contribution in [0.1, 0.15) is 25.3 Å². The third-order valence-corrected chi connectivity index (χ3v) is 6.88. The number of rotatable bonds is 8. The first-order chi connectivity index (χ1) is 15.7. The molecule has 0 spiro atoms. The number of likely N-dealkylation sites (N-methyl/N-ethyl adjacent to an activating group) is 1. The van der Waals surface area contributed by atoms with Crippen molar-refractivity contribution in [3.05, 3.63) is 60.2 Å². The first-order valence-corrected chi connectivity index (χ1v) is 12.3. The zero-order valence-electron chi connectivity index (χ0n) is 18.9. The lowest BCUT2D eigenvalue weighted by Gasteiger charge is -2.34. The Morgan fingerprint density at radius 1 is 1.00 bits per heavy atom. The molecule has 6 nitrogen and oxygen atoms in total. The van der Waals surface area contributed by atoms with E-state index in [-0.39, 0.29) is 5.91 Å². The minimum Gasteiger partial charge on any atom is -0.340 e. The van der Waals surface area contributed by atoms with Crippen molar-refractivity contribution in [2.24, 2.45) is 0 Å². The minimum absolute atomic E-state index is 0.270. The van der Waals surface area contributed by atoms with Crippen molar-refractivity contribution >= 4 is 17.7 Å². The van der Waals surface area contributed by atoms with Crippen molar-refractivity contribution in [1.29, 1.82) is 0 Å². The van der Waals surface area contributed by atoms with E-state index in [1.807, 2.05) is 23.1 Å². The number of hydrogen-bond donors (Lipinski definition) is 0. The van der Waals surface area contributed by atoms with Crippen molar-refractivity contribution in [2.75, 3.05) is 38.5 Å². The van der Waals surface area contributed by atoms with Crippen LogP contribution in [-0.2, 0) is 4.79 Å². The Labute approximate surface area is 194 Å². The van der Waals surface area contributed by atoms with Gasteiger partial charge in [-0.1, -0.05) is 61.2 Å². The van der Waals surface area contributed by atoms with E-state index in [9.17, 15) is 4.79 Å². The summed E-state index contributed by atoms with van der Waals surface area (Å²) in [6.45, 7) is 9.00. The summed E-state index contributed by atoms with van der Waals surface area (Å²) in [7, 11) is 0. The fourth-order valence-electron chi connectivity index (χ4n) is 4.00. The standard InChI is InChI=1S/C25H31N5OS/c1-3-28-14-16-29(17-15-28)23(31)13-8-18-32-25-27-26-24(21-10-5-4-6-11-21)30(25)22-12-7-9-20(2)19-22/h4-7,9-12,19H,3,8,13-18H2,1-2H3. The Kier molecular flexibility index (Phi) is 7.60. The molecular formula is C25H31N5OS. The predicted octanol–water partition coefficient (Wildman–Crippen LogP) is 4.28. The Balaban J connectivity index is 1.42. The van der Waals surface area contributed by atoms with Gasteiger partial charge in [0.2, 0.25) is 5.91 Å². The summed E-state index contributed by atoms with van der Waals surface area (Å²) in [6.07, 6.45) is 1.42. The van der Waals surface area contributed by atoms with E-state index in [1.165, 1.54) is 5.56 Å². The number of benzene rings is 2. The van der Waals surface area contributed by atoms with Crippen LogP contribution in [0.4, 0.5) is 0 Å². The van der Waals surface area contributed by atoms with Gasteiger partial charge < -0.3 is 9.80 Å². The molecule has 168 valence electrons. The van der Waals surface area contributed by atoms with E-state index in [4.69, 9.17) is 0 Å². The summed E-state index contributed by atoms with van der Waals surface area (Å²) in [5, 5.41) is 9.86. The van der Waals surface area contributed by atoms with Gasteiger partial charge in [-0.05, 0) is 37.6 Å². The van der Waals surface area contributed by atoms with Crippen LogP contribution in [0.2, 0.25) is 0 Å². The molecule has 32 heavy (non-hydrogen) atoms. The number of carbonyl (C=O) groups excluding carboxylic acids is 1. The molecule has 1 fully saturated rings. The highest BCUT2D eigenvalue weighted by Gasteiger charge is 2.20. The van der Waals surface area contributed by atoms with Crippen molar-refractivity contribution in [2.45, 2.75) is 31.8 Å². The Hall–Kier alpha value is -2.64. The van der Waals surface area contributed by atoms with E-state index in [1.54, 1.807) is 11.8 Å². The summed E-state index contributed by atoms with van der Waals surface area (Å²) < 4.78 is 2.12. The molecule has 0 N–H and O–H groups in total. The molecule has 0 radical (unpaired) electrons. The zero-order valence-corrected chi connectivity index (χ0v) is 19.7.